The zero-order chi connectivity index (χ0) is 23.9. The Balaban J connectivity index is 1.94. The smallest absolute Gasteiger partial charge is 0.283 e. The van der Waals surface area contributed by atoms with Crippen LogP contribution >= 0.6 is 0 Å². The Morgan fingerprint density at radius 1 is 0.576 bits per heavy atom. The second-order valence-corrected chi connectivity index (χ2v) is 10.1. The van der Waals surface area contributed by atoms with E-state index in [0.29, 0.717) is 6.61 Å². The van der Waals surface area contributed by atoms with Gasteiger partial charge >= 0.3 is 0 Å². The van der Waals surface area contributed by atoms with Crippen molar-refractivity contribution < 1.29 is 19.0 Å². The molecule has 4 heteroatoms. The quantitative estimate of drug-likeness (QED) is 0.133. The molecule has 0 bridgehead atoms. The zero-order valence-corrected chi connectivity index (χ0v) is 22.3. The summed E-state index contributed by atoms with van der Waals surface area (Å²) in [6.45, 7) is 5.40. The van der Waals surface area contributed by atoms with Crippen LogP contribution < -0.4 is 0 Å². The van der Waals surface area contributed by atoms with Crippen LogP contribution in [0.2, 0.25) is 0 Å². The van der Waals surface area contributed by atoms with Gasteiger partial charge in [-0.15, -0.1) is 0 Å². The van der Waals surface area contributed by atoms with Gasteiger partial charge in [-0.25, -0.2) is 0 Å². The summed E-state index contributed by atoms with van der Waals surface area (Å²) < 4.78 is 17.5. The van der Waals surface area contributed by atoms with Crippen LogP contribution in [0.3, 0.4) is 0 Å². The van der Waals surface area contributed by atoms with E-state index in [9.17, 15) is 4.79 Å². The zero-order valence-electron chi connectivity index (χ0n) is 22.3. The largest absolute Gasteiger partial charge is 0.327 e. The lowest BCUT2D eigenvalue weighted by atomic mass is 10.0. The molecule has 1 rings (SSSR count). The summed E-state index contributed by atoms with van der Waals surface area (Å²) in [6.07, 6.45) is 28.5. The van der Waals surface area contributed by atoms with Crippen LogP contribution in [-0.2, 0) is 19.0 Å². The maximum atomic E-state index is 11.5. The lowest BCUT2D eigenvalue weighted by molar-refractivity contribution is -0.389. The lowest BCUT2D eigenvalue weighted by Gasteiger charge is -2.36. The van der Waals surface area contributed by atoms with Crippen molar-refractivity contribution >= 4 is 5.78 Å². The molecule has 33 heavy (non-hydrogen) atoms. The summed E-state index contributed by atoms with van der Waals surface area (Å²) in [6, 6.07) is 0. The molecule has 0 aliphatic carbocycles. The predicted octanol–water partition coefficient (Wildman–Crippen LogP) is 8.89. The van der Waals surface area contributed by atoms with E-state index in [0.717, 1.165) is 19.3 Å². The fourth-order valence-electron chi connectivity index (χ4n) is 4.59. The number of ether oxygens (including phenoxy) is 3. The summed E-state index contributed by atoms with van der Waals surface area (Å²) in [7, 11) is 0. The second-order valence-electron chi connectivity index (χ2n) is 10.1. The molecule has 0 radical (unpaired) electrons. The molecule has 196 valence electrons. The minimum atomic E-state index is -0.977. The van der Waals surface area contributed by atoms with Crippen molar-refractivity contribution in [1.29, 1.82) is 0 Å². The number of hydrogen-bond donors (Lipinski definition) is 0. The molecule has 1 heterocycles. The first-order valence-electron chi connectivity index (χ1n) is 14.7. The molecule has 0 spiro atoms. The van der Waals surface area contributed by atoms with E-state index in [4.69, 9.17) is 14.2 Å². The fraction of sp³-hybridized carbons (Fsp3) is 0.966. The van der Waals surface area contributed by atoms with E-state index in [-0.39, 0.29) is 19.0 Å². The van der Waals surface area contributed by atoms with E-state index < -0.39 is 5.97 Å². The molecule has 0 unspecified atom stereocenters. The summed E-state index contributed by atoms with van der Waals surface area (Å²) in [4.78, 5) is 11.5. The van der Waals surface area contributed by atoms with Gasteiger partial charge in [0, 0.05) is 6.42 Å². The highest BCUT2D eigenvalue weighted by molar-refractivity contribution is 5.81. The maximum absolute atomic E-state index is 11.5. The van der Waals surface area contributed by atoms with Crippen LogP contribution in [0.25, 0.3) is 0 Å². The molecule has 1 aliphatic heterocycles. The van der Waals surface area contributed by atoms with E-state index in [2.05, 4.69) is 13.8 Å². The Kier molecular flexibility index (Phi) is 20.4. The van der Waals surface area contributed by atoms with Crippen molar-refractivity contribution in [3.05, 3.63) is 0 Å². The second kappa shape index (κ2) is 22.0. The van der Waals surface area contributed by atoms with Gasteiger partial charge in [0.15, 0.2) is 5.78 Å². The topological polar surface area (TPSA) is 44.8 Å². The highest BCUT2D eigenvalue weighted by Crippen LogP contribution is 2.27. The van der Waals surface area contributed by atoms with Gasteiger partial charge in [-0.2, -0.15) is 0 Å². The minimum absolute atomic E-state index is 0.00242. The van der Waals surface area contributed by atoms with Crippen molar-refractivity contribution in [2.75, 3.05) is 19.8 Å². The molecule has 1 aliphatic rings. The molecule has 1 saturated heterocycles. The van der Waals surface area contributed by atoms with Crippen molar-refractivity contribution in [3.63, 3.8) is 0 Å². The van der Waals surface area contributed by atoms with E-state index >= 15 is 0 Å². The van der Waals surface area contributed by atoms with Gasteiger partial charge in [-0.05, 0) is 12.8 Å². The first kappa shape index (κ1) is 30.6. The van der Waals surface area contributed by atoms with E-state index in [1.807, 2.05) is 0 Å². The Morgan fingerprint density at radius 2 is 0.939 bits per heavy atom. The summed E-state index contributed by atoms with van der Waals surface area (Å²) >= 11 is 0. The number of carbonyl (C=O) groups excluding carboxylic acids is 1. The summed E-state index contributed by atoms with van der Waals surface area (Å²) in [5.74, 6) is -0.974. The number of hydrogen-bond acceptors (Lipinski definition) is 4. The number of Topliss-reactive ketones (excluding diaryl/α,β-unsaturated/α-hetero) is 1. The number of rotatable bonds is 24. The van der Waals surface area contributed by atoms with Crippen LogP contribution in [0.4, 0.5) is 0 Å². The third-order valence-corrected chi connectivity index (χ3v) is 6.81. The minimum Gasteiger partial charge on any atom is -0.327 e. The van der Waals surface area contributed by atoms with Gasteiger partial charge in [0.2, 0.25) is 0 Å². The maximum Gasteiger partial charge on any atom is 0.283 e. The lowest BCUT2D eigenvalue weighted by Crippen LogP contribution is -2.47. The van der Waals surface area contributed by atoms with Crippen molar-refractivity contribution in [2.24, 2.45) is 0 Å². The van der Waals surface area contributed by atoms with Gasteiger partial charge < -0.3 is 14.2 Å². The highest BCUT2D eigenvalue weighted by Gasteiger charge is 2.37. The molecule has 0 atom stereocenters. The average Bonchev–Trinajstić information content (AvgIpc) is 2.83. The van der Waals surface area contributed by atoms with Crippen molar-refractivity contribution in [3.8, 4) is 0 Å². The molecule has 0 N–H and O–H groups in total. The first-order chi connectivity index (χ1) is 16.2. The summed E-state index contributed by atoms with van der Waals surface area (Å²) in [5.41, 5.74) is 0. The Morgan fingerprint density at radius 3 is 1.36 bits per heavy atom. The van der Waals surface area contributed by atoms with Crippen LogP contribution in [0.15, 0.2) is 0 Å². The molecule has 1 fully saturated rings. The van der Waals surface area contributed by atoms with Crippen molar-refractivity contribution in [1.82, 2.24) is 0 Å². The Labute approximate surface area is 205 Å². The van der Waals surface area contributed by atoms with Gasteiger partial charge in [0.1, 0.15) is 13.2 Å². The monoisotopic (exact) mass is 468 g/mol. The van der Waals surface area contributed by atoms with Gasteiger partial charge in [-0.3, -0.25) is 4.79 Å². The molecular formula is C29H56O4. The third kappa shape index (κ3) is 17.6. The molecule has 0 amide bonds. The number of carbonyl (C=O) groups is 1. The third-order valence-electron chi connectivity index (χ3n) is 6.81. The standard InChI is InChI=1S/C29H56O4/c1-3-5-7-9-10-11-12-13-14-15-16-17-18-19-21-23-25-31-29(24-22-20-8-6-4-2)32-26-28(30)27-33-29/h3-27H2,1-2H3. The molecule has 0 aromatic carbocycles. The van der Waals surface area contributed by atoms with Crippen LogP contribution in [-0.4, -0.2) is 31.6 Å². The normalized spacial score (nSPS) is 15.9. The first-order valence-corrected chi connectivity index (χ1v) is 14.7. The number of unbranched alkanes of at least 4 members (excludes halogenated alkanes) is 19. The molecular weight excluding hydrogens is 412 g/mol. The fourth-order valence-corrected chi connectivity index (χ4v) is 4.59. The molecule has 0 saturated carbocycles. The van der Waals surface area contributed by atoms with Gasteiger partial charge in [0.05, 0.1) is 6.61 Å². The van der Waals surface area contributed by atoms with Crippen molar-refractivity contribution in [2.45, 2.75) is 161 Å². The average molecular weight is 469 g/mol. The SMILES string of the molecule is CCCCCCCCCCCCCCCCCCOC1(CCCCCCC)OCC(=O)CO1. The molecule has 0 aromatic rings. The van der Waals surface area contributed by atoms with Gasteiger partial charge in [-0.1, -0.05) is 136 Å². The Hall–Kier alpha value is -0.450. The van der Waals surface area contributed by atoms with Crippen LogP contribution in [0, 0.1) is 0 Å². The predicted molar refractivity (Wildman–Crippen MR) is 139 cm³/mol. The van der Waals surface area contributed by atoms with Gasteiger partial charge in [0.25, 0.3) is 5.97 Å². The van der Waals surface area contributed by atoms with E-state index in [1.54, 1.807) is 0 Å². The molecule has 4 nitrogen and oxygen atoms in total. The van der Waals surface area contributed by atoms with Crippen LogP contribution in [0.5, 0.6) is 0 Å². The highest BCUT2D eigenvalue weighted by atomic mass is 16.9. The molecule has 0 aromatic heterocycles. The summed E-state index contributed by atoms with van der Waals surface area (Å²) in [5, 5.41) is 0. The number of ketones is 1. The van der Waals surface area contributed by atoms with E-state index in [1.165, 1.54) is 122 Å². The van der Waals surface area contributed by atoms with Crippen LogP contribution in [0.1, 0.15) is 155 Å². The Bertz CT molecular complexity index is 427.